The summed E-state index contributed by atoms with van der Waals surface area (Å²) >= 11 is 5.55. The summed E-state index contributed by atoms with van der Waals surface area (Å²) in [5, 5.41) is 4.19. The topological polar surface area (TPSA) is 46.0 Å². The van der Waals surface area contributed by atoms with E-state index in [4.69, 9.17) is 12.2 Å². The van der Waals surface area contributed by atoms with Crippen LogP contribution in [0.2, 0.25) is 0 Å². The standard InChI is InChI=1S/C21H23N5S/c1-13-8-9-18(23-12-13)26-14(2)11-16(15(26)3)20-19(24-21(27)25(20)4)17-7-5-6-10-22-17/h5-12,19-20H,1-4H3,(H,24,27). The number of likely N-dealkylation sites (N-methyl/N-ethyl adjacent to an activating group) is 1. The molecule has 4 heterocycles. The molecular weight excluding hydrogens is 354 g/mol. The maximum atomic E-state index is 5.55. The summed E-state index contributed by atoms with van der Waals surface area (Å²) in [5.41, 5.74) is 5.72. The predicted molar refractivity (Wildman–Crippen MR) is 111 cm³/mol. The van der Waals surface area contributed by atoms with Gasteiger partial charge in [0, 0.05) is 30.8 Å². The molecule has 27 heavy (non-hydrogen) atoms. The smallest absolute Gasteiger partial charge is 0.169 e. The number of nitrogens with one attached hydrogen (secondary N) is 1. The van der Waals surface area contributed by atoms with Gasteiger partial charge in [-0.15, -0.1) is 0 Å². The van der Waals surface area contributed by atoms with E-state index < -0.39 is 0 Å². The third kappa shape index (κ3) is 3.00. The molecule has 138 valence electrons. The van der Waals surface area contributed by atoms with E-state index in [9.17, 15) is 0 Å². The Bertz CT molecular complexity index is 978. The Hall–Kier alpha value is -2.73. The van der Waals surface area contributed by atoms with Gasteiger partial charge in [-0.2, -0.15) is 0 Å². The highest BCUT2D eigenvalue weighted by Crippen LogP contribution is 2.40. The van der Waals surface area contributed by atoms with Gasteiger partial charge in [0.15, 0.2) is 5.11 Å². The van der Waals surface area contributed by atoms with Gasteiger partial charge in [0.25, 0.3) is 0 Å². The molecule has 4 rings (SSSR count). The zero-order valence-corrected chi connectivity index (χ0v) is 16.8. The quantitative estimate of drug-likeness (QED) is 0.704. The molecule has 1 N–H and O–H groups in total. The Kier molecular flexibility index (Phi) is 4.44. The third-order valence-corrected chi connectivity index (χ3v) is 5.66. The first-order valence-electron chi connectivity index (χ1n) is 9.03. The van der Waals surface area contributed by atoms with Gasteiger partial charge in [-0.05, 0) is 68.4 Å². The van der Waals surface area contributed by atoms with Gasteiger partial charge in [-0.3, -0.25) is 4.98 Å². The lowest BCUT2D eigenvalue weighted by Gasteiger charge is -2.24. The molecule has 0 aliphatic carbocycles. The molecule has 5 nitrogen and oxygen atoms in total. The predicted octanol–water partition coefficient (Wildman–Crippen LogP) is 3.79. The lowest BCUT2D eigenvalue weighted by Crippen LogP contribution is -2.25. The largest absolute Gasteiger partial charge is 0.352 e. The molecule has 0 amide bonds. The van der Waals surface area contributed by atoms with Crippen molar-refractivity contribution in [3.63, 3.8) is 0 Å². The van der Waals surface area contributed by atoms with Crippen molar-refractivity contribution in [2.45, 2.75) is 32.9 Å². The van der Waals surface area contributed by atoms with Crippen molar-refractivity contribution < 1.29 is 0 Å². The number of thiocarbonyl (C=S) groups is 1. The molecule has 0 radical (unpaired) electrons. The van der Waals surface area contributed by atoms with Gasteiger partial charge >= 0.3 is 0 Å². The Morgan fingerprint density at radius 1 is 1.07 bits per heavy atom. The molecule has 2 unspecified atom stereocenters. The fraction of sp³-hybridized carbons (Fsp3) is 0.286. The summed E-state index contributed by atoms with van der Waals surface area (Å²) in [5.74, 6) is 0.937. The Morgan fingerprint density at radius 2 is 1.89 bits per heavy atom. The third-order valence-electron chi connectivity index (χ3n) is 5.25. The highest BCUT2D eigenvalue weighted by atomic mass is 32.1. The molecule has 0 aromatic carbocycles. The van der Waals surface area contributed by atoms with E-state index in [-0.39, 0.29) is 12.1 Å². The minimum Gasteiger partial charge on any atom is -0.352 e. The van der Waals surface area contributed by atoms with Crippen LogP contribution in [0.15, 0.2) is 48.8 Å². The van der Waals surface area contributed by atoms with Crippen LogP contribution in [-0.4, -0.2) is 31.6 Å². The van der Waals surface area contributed by atoms with Crippen LogP contribution in [0.4, 0.5) is 0 Å². The molecule has 3 aromatic heterocycles. The van der Waals surface area contributed by atoms with Crippen LogP contribution in [0.3, 0.4) is 0 Å². The molecule has 1 fully saturated rings. The first kappa shape index (κ1) is 17.7. The van der Waals surface area contributed by atoms with E-state index in [2.05, 4.69) is 63.7 Å². The number of aromatic nitrogens is 3. The second-order valence-corrected chi connectivity index (χ2v) is 7.48. The zero-order chi connectivity index (χ0) is 19.1. The highest BCUT2D eigenvalue weighted by molar-refractivity contribution is 7.80. The molecule has 3 aromatic rings. The van der Waals surface area contributed by atoms with Crippen LogP contribution in [0.5, 0.6) is 0 Å². The monoisotopic (exact) mass is 377 g/mol. The maximum absolute atomic E-state index is 5.55. The van der Waals surface area contributed by atoms with Crippen molar-refractivity contribution >= 4 is 17.3 Å². The Morgan fingerprint density at radius 3 is 2.56 bits per heavy atom. The number of pyridine rings is 2. The molecule has 2 atom stereocenters. The number of aryl methyl sites for hydroxylation is 2. The van der Waals surface area contributed by atoms with Crippen molar-refractivity contribution in [2.24, 2.45) is 0 Å². The normalized spacial score (nSPS) is 19.4. The average molecular weight is 378 g/mol. The summed E-state index contributed by atoms with van der Waals surface area (Å²) in [6.07, 6.45) is 3.73. The van der Waals surface area contributed by atoms with E-state index in [0.717, 1.165) is 27.9 Å². The highest BCUT2D eigenvalue weighted by Gasteiger charge is 2.39. The molecule has 1 aliphatic rings. The minimum atomic E-state index is 0.0172. The first-order chi connectivity index (χ1) is 13.0. The second kappa shape index (κ2) is 6.78. The lowest BCUT2D eigenvalue weighted by molar-refractivity contribution is 0.367. The van der Waals surface area contributed by atoms with Crippen LogP contribution in [0, 0.1) is 20.8 Å². The van der Waals surface area contributed by atoms with Crippen molar-refractivity contribution in [2.75, 3.05) is 7.05 Å². The van der Waals surface area contributed by atoms with E-state index in [1.807, 2.05) is 37.6 Å². The first-order valence-corrected chi connectivity index (χ1v) is 9.44. The maximum Gasteiger partial charge on any atom is 0.169 e. The van der Waals surface area contributed by atoms with Crippen molar-refractivity contribution in [3.8, 4) is 5.82 Å². The molecule has 1 saturated heterocycles. The molecule has 1 aliphatic heterocycles. The van der Waals surface area contributed by atoms with Gasteiger partial charge in [-0.25, -0.2) is 4.98 Å². The van der Waals surface area contributed by atoms with Crippen molar-refractivity contribution in [1.82, 2.24) is 24.8 Å². The lowest BCUT2D eigenvalue weighted by atomic mass is 9.97. The number of hydrogen-bond acceptors (Lipinski definition) is 3. The van der Waals surface area contributed by atoms with Crippen LogP contribution >= 0.6 is 12.2 Å². The van der Waals surface area contributed by atoms with Crippen molar-refractivity contribution in [3.05, 3.63) is 77.0 Å². The van der Waals surface area contributed by atoms with Gasteiger partial charge in [0.2, 0.25) is 0 Å². The van der Waals surface area contributed by atoms with E-state index >= 15 is 0 Å². The fourth-order valence-electron chi connectivity index (χ4n) is 3.88. The summed E-state index contributed by atoms with van der Waals surface area (Å²) in [6.45, 7) is 6.32. The van der Waals surface area contributed by atoms with Gasteiger partial charge in [0.1, 0.15) is 5.82 Å². The zero-order valence-electron chi connectivity index (χ0n) is 16.0. The number of nitrogens with zero attached hydrogens (tertiary/aromatic N) is 4. The van der Waals surface area contributed by atoms with Crippen LogP contribution in [-0.2, 0) is 0 Å². The van der Waals surface area contributed by atoms with Crippen LogP contribution in [0.25, 0.3) is 5.82 Å². The SMILES string of the molecule is Cc1ccc(-n2c(C)cc(C3C(c4ccccn4)NC(=S)N3C)c2C)nc1. The number of rotatable bonds is 3. The van der Waals surface area contributed by atoms with Gasteiger partial charge in [-0.1, -0.05) is 12.1 Å². The second-order valence-electron chi connectivity index (χ2n) is 7.09. The summed E-state index contributed by atoms with van der Waals surface area (Å²) < 4.78 is 2.21. The Balaban J connectivity index is 1.81. The summed E-state index contributed by atoms with van der Waals surface area (Å²) in [4.78, 5) is 11.3. The molecule has 6 heteroatoms. The summed E-state index contributed by atoms with van der Waals surface area (Å²) in [6, 6.07) is 12.5. The van der Waals surface area contributed by atoms with Crippen molar-refractivity contribution in [1.29, 1.82) is 0 Å². The van der Waals surface area contributed by atoms with Crippen LogP contribution < -0.4 is 5.32 Å². The summed E-state index contributed by atoms with van der Waals surface area (Å²) in [7, 11) is 2.04. The number of hydrogen-bond donors (Lipinski definition) is 1. The molecule has 0 spiro atoms. The molecule has 0 saturated carbocycles. The molecular formula is C21H23N5S. The van der Waals surface area contributed by atoms with Crippen LogP contribution in [0.1, 0.15) is 40.3 Å². The molecule has 0 bridgehead atoms. The van der Waals surface area contributed by atoms with E-state index in [1.165, 1.54) is 11.3 Å². The van der Waals surface area contributed by atoms with Gasteiger partial charge in [0.05, 0.1) is 17.8 Å². The Labute approximate surface area is 165 Å². The van der Waals surface area contributed by atoms with E-state index in [0.29, 0.717) is 0 Å². The fourth-order valence-corrected chi connectivity index (χ4v) is 4.12. The van der Waals surface area contributed by atoms with Gasteiger partial charge < -0.3 is 14.8 Å². The van der Waals surface area contributed by atoms with E-state index in [1.54, 1.807) is 0 Å². The minimum absolute atomic E-state index is 0.0172. The average Bonchev–Trinajstić information content (AvgIpc) is 3.12.